The number of nitrogens with zero attached hydrogens (tertiary/aromatic N) is 2. The highest BCUT2D eigenvalue weighted by molar-refractivity contribution is 5.30. The maximum absolute atomic E-state index is 2.64. The molecule has 0 saturated heterocycles. The van der Waals surface area contributed by atoms with Gasteiger partial charge in [0, 0.05) is 44.0 Å². The summed E-state index contributed by atoms with van der Waals surface area (Å²) in [5, 5.41) is 0. The van der Waals surface area contributed by atoms with Gasteiger partial charge in [0.1, 0.15) is 0 Å². The van der Waals surface area contributed by atoms with Gasteiger partial charge < -0.3 is 4.90 Å². The van der Waals surface area contributed by atoms with E-state index in [1.807, 2.05) is 0 Å². The van der Waals surface area contributed by atoms with E-state index in [2.05, 4.69) is 60.1 Å². The number of allylic oxidation sites excluding steroid dienone is 2. The van der Waals surface area contributed by atoms with Gasteiger partial charge in [-0.3, -0.25) is 4.90 Å². The normalized spacial score (nSPS) is 18.9. The van der Waals surface area contributed by atoms with Gasteiger partial charge in [-0.2, -0.15) is 0 Å². The first-order valence-electron chi connectivity index (χ1n) is 9.25. The SMILES string of the molecule is CCCCN1C(CC)=CCC2=C1CCN(Cc1ccccc1)C2. The first-order valence-corrected chi connectivity index (χ1v) is 9.25. The fraction of sp³-hybridized carbons (Fsp3) is 0.524. The average molecular weight is 310 g/mol. The molecule has 2 nitrogen and oxygen atoms in total. The van der Waals surface area contributed by atoms with Crippen LogP contribution in [0.3, 0.4) is 0 Å². The maximum Gasteiger partial charge on any atom is 0.0237 e. The van der Waals surface area contributed by atoms with Crippen molar-refractivity contribution >= 4 is 0 Å². The summed E-state index contributed by atoms with van der Waals surface area (Å²) in [5.74, 6) is 0. The van der Waals surface area contributed by atoms with Crippen molar-refractivity contribution in [2.45, 2.75) is 52.5 Å². The highest BCUT2D eigenvalue weighted by Crippen LogP contribution is 2.33. The van der Waals surface area contributed by atoms with Crippen LogP contribution < -0.4 is 0 Å². The lowest BCUT2D eigenvalue weighted by Crippen LogP contribution is -2.38. The molecule has 0 bridgehead atoms. The largest absolute Gasteiger partial charge is 0.349 e. The third kappa shape index (κ3) is 3.87. The average Bonchev–Trinajstić information content (AvgIpc) is 2.60. The Morgan fingerprint density at radius 2 is 1.91 bits per heavy atom. The third-order valence-corrected chi connectivity index (χ3v) is 5.09. The third-order valence-electron chi connectivity index (χ3n) is 5.09. The fourth-order valence-corrected chi connectivity index (χ4v) is 3.82. The van der Waals surface area contributed by atoms with E-state index in [0.29, 0.717) is 0 Å². The summed E-state index contributed by atoms with van der Waals surface area (Å²) in [6.07, 6.45) is 8.57. The van der Waals surface area contributed by atoms with E-state index < -0.39 is 0 Å². The molecule has 2 aliphatic heterocycles. The Kier molecular flexibility index (Phi) is 5.56. The molecule has 2 heterocycles. The van der Waals surface area contributed by atoms with E-state index in [0.717, 1.165) is 25.9 Å². The lowest BCUT2D eigenvalue weighted by Gasteiger charge is -2.40. The van der Waals surface area contributed by atoms with Crippen LogP contribution in [-0.4, -0.2) is 29.4 Å². The van der Waals surface area contributed by atoms with E-state index in [4.69, 9.17) is 0 Å². The fourth-order valence-electron chi connectivity index (χ4n) is 3.82. The quantitative estimate of drug-likeness (QED) is 0.734. The zero-order valence-corrected chi connectivity index (χ0v) is 14.7. The molecule has 0 atom stereocenters. The van der Waals surface area contributed by atoms with Gasteiger partial charge in [-0.1, -0.05) is 56.7 Å². The van der Waals surface area contributed by atoms with Crippen molar-refractivity contribution in [3.05, 3.63) is 58.9 Å². The minimum atomic E-state index is 1.08. The number of hydrogen-bond donors (Lipinski definition) is 0. The molecule has 0 saturated carbocycles. The van der Waals surface area contributed by atoms with Crippen LogP contribution in [0.1, 0.15) is 51.5 Å². The van der Waals surface area contributed by atoms with Crippen molar-refractivity contribution in [1.29, 1.82) is 0 Å². The Morgan fingerprint density at radius 1 is 1.09 bits per heavy atom. The van der Waals surface area contributed by atoms with Gasteiger partial charge in [0.2, 0.25) is 0 Å². The van der Waals surface area contributed by atoms with Crippen LogP contribution in [0.25, 0.3) is 0 Å². The van der Waals surface area contributed by atoms with Crippen LogP contribution in [0, 0.1) is 0 Å². The molecule has 0 amide bonds. The molecule has 0 spiro atoms. The first-order chi connectivity index (χ1) is 11.3. The summed E-state index contributed by atoms with van der Waals surface area (Å²) in [5.41, 5.74) is 6.27. The molecule has 0 fully saturated rings. The van der Waals surface area contributed by atoms with Gasteiger partial charge >= 0.3 is 0 Å². The van der Waals surface area contributed by atoms with Crippen LogP contribution in [0.5, 0.6) is 0 Å². The molecule has 0 N–H and O–H groups in total. The molecule has 2 aliphatic rings. The van der Waals surface area contributed by atoms with Crippen LogP contribution >= 0.6 is 0 Å². The highest BCUT2D eigenvalue weighted by atomic mass is 15.2. The predicted octanol–water partition coefficient (Wildman–Crippen LogP) is 4.95. The van der Waals surface area contributed by atoms with Crippen molar-refractivity contribution < 1.29 is 0 Å². The van der Waals surface area contributed by atoms with Crippen molar-refractivity contribution in [3.63, 3.8) is 0 Å². The summed E-state index contributed by atoms with van der Waals surface area (Å²) in [7, 11) is 0. The van der Waals surface area contributed by atoms with E-state index in [9.17, 15) is 0 Å². The van der Waals surface area contributed by atoms with Crippen LogP contribution in [0.15, 0.2) is 53.4 Å². The zero-order chi connectivity index (χ0) is 16.1. The predicted molar refractivity (Wildman–Crippen MR) is 98.0 cm³/mol. The number of hydrogen-bond acceptors (Lipinski definition) is 2. The Hall–Kier alpha value is -1.54. The summed E-state index contributed by atoms with van der Waals surface area (Å²) in [4.78, 5) is 5.25. The van der Waals surface area contributed by atoms with Crippen molar-refractivity contribution in [3.8, 4) is 0 Å². The molecule has 0 unspecified atom stereocenters. The summed E-state index contributed by atoms with van der Waals surface area (Å²) in [6.45, 7) is 9.19. The molecule has 2 heteroatoms. The highest BCUT2D eigenvalue weighted by Gasteiger charge is 2.26. The standard InChI is InChI=1S/C21H30N2/c1-3-5-14-23-20(4-2)12-11-19-17-22(15-13-21(19)23)16-18-9-7-6-8-10-18/h6-10,12H,3-5,11,13-17H2,1-2H3. The molecule has 23 heavy (non-hydrogen) atoms. The van der Waals surface area contributed by atoms with Crippen LogP contribution in [0.2, 0.25) is 0 Å². The summed E-state index contributed by atoms with van der Waals surface area (Å²) in [6, 6.07) is 10.9. The first kappa shape index (κ1) is 16.3. The molecule has 0 aliphatic carbocycles. The van der Waals surface area contributed by atoms with E-state index in [-0.39, 0.29) is 0 Å². The number of benzene rings is 1. The van der Waals surface area contributed by atoms with Crippen LogP contribution in [0.4, 0.5) is 0 Å². The number of unbranched alkanes of at least 4 members (excludes halogenated alkanes) is 1. The Labute approximate surface area is 141 Å². The van der Waals surface area contributed by atoms with Crippen molar-refractivity contribution in [2.75, 3.05) is 19.6 Å². The molecular formula is C21H30N2. The molecule has 0 aromatic heterocycles. The van der Waals surface area contributed by atoms with Gasteiger partial charge in [-0.15, -0.1) is 0 Å². The van der Waals surface area contributed by atoms with Gasteiger partial charge in [-0.05, 0) is 30.4 Å². The molecule has 1 aromatic carbocycles. The topological polar surface area (TPSA) is 6.48 Å². The monoisotopic (exact) mass is 310 g/mol. The summed E-state index contributed by atoms with van der Waals surface area (Å²) >= 11 is 0. The van der Waals surface area contributed by atoms with E-state index in [1.165, 1.54) is 37.9 Å². The minimum Gasteiger partial charge on any atom is -0.349 e. The summed E-state index contributed by atoms with van der Waals surface area (Å²) < 4.78 is 0. The van der Waals surface area contributed by atoms with E-state index in [1.54, 1.807) is 17.0 Å². The van der Waals surface area contributed by atoms with E-state index >= 15 is 0 Å². The minimum absolute atomic E-state index is 1.08. The lowest BCUT2D eigenvalue weighted by molar-refractivity contribution is 0.244. The Bertz CT molecular complexity index is 571. The lowest BCUT2D eigenvalue weighted by atomic mass is 9.95. The number of rotatable bonds is 6. The second-order valence-electron chi connectivity index (χ2n) is 6.75. The molecule has 124 valence electrons. The maximum atomic E-state index is 2.64. The Balaban J connectivity index is 1.69. The smallest absolute Gasteiger partial charge is 0.0237 e. The van der Waals surface area contributed by atoms with Gasteiger partial charge in [0.05, 0.1) is 0 Å². The molecular weight excluding hydrogens is 280 g/mol. The van der Waals surface area contributed by atoms with Crippen molar-refractivity contribution in [2.24, 2.45) is 0 Å². The second-order valence-corrected chi connectivity index (χ2v) is 6.75. The van der Waals surface area contributed by atoms with Gasteiger partial charge in [-0.25, -0.2) is 0 Å². The second kappa shape index (κ2) is 7.83. The molecule has 0 radical (unpaired) electrons. The molecule has 1 aromatic rings. The van der Waals surface area contributed by atoms with Gasteiger partial charge in [0.15, 0.2) is 0 Å². The Morgan fingerprint density at radius 3 is 2.65 bits per heavy atom. The van der Waals surface area contributed by atoms with Gasteiger partial charge in [0.25, 0.3) is 0 Å². The van der Waals surface area contributed by atoms with Crippen molar-refractivity contribution in [1.82, 2.24) is 9.80 Å². The van der Waals surface area contributed by atoms with Crippen LogP contribution in [-0.2, 0) is 6.54 Å². The molecule has 3 rings (SSSR count). The zero-order valence-electron chi connectivity index (χ0n) is 14.7.